The molecule has 0 aliphatic carbocycles. The Bertz CT molecular complexity index is 545. The molecule has 0 spiro atoms. The molecule has 0 bridgehead atoms. The van der Waals surface area contributed by atoms with Gasteiger partial charge in [0, 0.05) is 24.1 Å². The van der Waals surface area contributed by atoms with Gasteiger partial charge in [0.05, 0.1) is 11.9 Å². The highest BCUT2D eigenvalue weighted by Crippen LogP contribution is 2.20. The van der Waals surface area contributed by atoms with Crippen LogP contribution in [0.3, 0.4) is 0 Å². The summed E-state index contributed by atoms with van der Waals surface area (Å²) in [5.41, 5.74) is 2.70. The van der Waals surface area contributed by atoms with E-state index in [1.165, 1.54) is 0 Å². The van der Waals surface area contributed by atoms with Crippen molar-refractivity contribution in [2.75, 3.05) is 0 Å². The van der Waals surface area contributed by atoms with Crippen molar-refractivity contribution in [2.45, 2.75) is 33.2 Å². The van der Waals surface area contributed by atoms with Gasteiger partial charge in [-0.15, -0.1) is 5.10 Å². The van der Waals surface area contributed by atoms with Crippen molar-refractivity contribution in [3.8, 4) is 11.3 Å². The summed E-state index contributed by atoms with van der Waals surface area (Å²) < 4.78 is 1.87. The average molecular weight is 243 g/mol. The van der Waals surface area contributed by atoms with E-state index in [9.17, 15) is 4.79 Å². The van der Waals surface area contributed by atoms with Crippen molar-refractivity contribution >= 4 is 5.78 Å². The van der Waals surface area contributed by atoms with Gasteiger partial charge in [-0.25, -0.2) is 4.68 Å². The maximum absolute atomic E-state index is 11.7. The molecule has 0 fully saturated rings. The quantitative estimate of drug-likeness (QED) is 0.758. The predicted octanol–water partition coefficient (Wildman–Crippen LogP) is 2.95. The van der Waals surface area contributed by atoms with Crippen LogP contribution < -0.4 is 0 Å². The Kier molecular flexibility index (Phi) is 3.87. The summed E-state index contributed by atoms with van der Waals surface area (Å²) >= 11 is 0. The molecule has 0 unspecified atom stereocenters. The summed E-state index contributed by atoms with van der Waals surface area (Å²) in [5.74, 6) is 0.159. The molecule has 4 heteroatoms. The van der Waals surface area contributed by atoms with Gasteiger partial charge in [-0.05, 0) is 12.5 Å². The number of carbonyl (C=O) groups is 1. The third-order valence-electron chi connectivity index (χ3n) is 2.85. The Balaban J connectivity index is 2.38. The molecule has 94 valence electrons. The standard InChI is InChI=1S/C14H17N3O/c1-3-8-17-13(10-15-16-17)11-6-5-7-12(9-11)14(18)4-2/h5-7,9-10H,3-4,8H2,1-2H3. The van der Waals surface area contributed by atoms with Gasteiger partial charge in [0.15, 0.2) is 5.78 Å². The number of aryl methyl sites for hydroxylation is 1. The third-order valence-corrected chi connectivity index (χ3v) is 2.85. The Labute approximate surface area is 107 Å². The molecule has 2 rings (SSSR count). The summed E-state index contributed by atoms with van der Waals surface area (Å²) in [5, 5.41) is 8.00. The van der Waals surface area contributed by atoms with Gasteiger partial charge in [0.2, 0.25) is 0 Å². The van der Waals surface area contributed by atoms with Crippen molar-refractivity contribution in [3.05, 3.63) is 36.0 Å². The second-order valence-electron chi connectivity index (χ2n) is 4.20. The maximum Gasteiger partial charge on any atom is 0.162 e. The first-order chi connectivity index (χ1) is 8.76. The molecule has 0 saturated carbocycles. The number of benzene rings is 1. The van der Waals surface area contributed by atoms with Crippen LogP contribution in [0.5, 0.6) is 0 Å². The smallest absolute Gasteiger partial charge is 0.162 e. The van der Waals surface area contributed by atoms with Gasteiger partial charge >= 0.3 is 0 Å². The zero-order valence-corrected chi connectivity index (χ0v) is 10.8. The highest BCUT2D eigenvalue weighted by atomic mass is 16.1. The highest BCUT2D eigenvalue weighted by Gasteiger charge is 2.09. The van der Waals surface area contributed by atoms with Crippen LogP contribution in [0, 0.1) is 0 Å². The van der Waals surface area contributed by atoms with Crippen LogP contribution in [0.1, 0.15) is 37.0 Å². The number of rotatable bonds is 5. The van der Waals surface area contributed by atoms with E-state index < -0.39 is 0 Å². The van der Waals surface area contributed by atoms with Crippen LogP contribution in [-0.2, 0) is 6.54 Å². The van der Waals surface area contributed by atoms with E-state index in [-0.39, 0.29) is 5.78 Å². The molecule has 18 heavy (non-hydrogen) atoms. The minimum atomic E-state index is 0.159. The van der Waals surface area contributed by atoms with Gasteiger partial charge in [-0.3, -0.25) is 4.79 Å². The fourth-order valence-electron chi connectivity index (χ4n) is 1.91. The van der Waals surface area contributed by atoms with E-state index in [0.717, 1.165) is 29.8 Å². The molecule has 0 atom stereocenters. The molecule has 4 nitrogen and oxygen atoms in total. The normalized spacial score (nSPS) is 10.6. The number of nitrogens with zero attached hydrogens (tertiary/aromatic N) is 3. The molecule has 0 aliphatic rings. The van der Waals surface area contributed by atoms with E-state index in [0.29, 0.717) is 6.42 Å². The summed E-state index contributed by atoms with van der Waals surface area (Å²) in [4.78, 5) is 11.7. The van der Waals surface area contributed by atoms with E-state index in [2.05, 4.69) is 17.2 Å². The summed E-state index contributed by atoms with van der Waals surface area (Å²) in [7, 11) is 0. The number of hydrogen-bond donors (Lipinski definition) is 0. The van der Waals surface area contributed by atoms with Crippen molar-refractivity contribution in [3.63, 3.8) is 0 Å². The van der Waals surface area contributed by atoms with Gasteiger partial charge in [0.1, 0.15) is 0 Å². The lowest BCUT2D eigenvalue weighted by Gasteiger charge is -2.06. The van der Waals surface area contributed by atoms with E-state index in [1.54, 1.807) is 6.20 Å². The monoisotopic (exact) mass is 243 g/mol. The zero-order valence-electron chi connectivity index (χ0n) is 10.8. The SMILES string of the molecule is CCCn1nncc1-c1cccc(C(=O)CC)c1. The summed E-state index contributed by atoms with van der Waals surface area (Å²) in [6, 6.07) is 7.65. The van der Waals surface area contributed by atoms with Crippen LogP contribution in [0.4, 0.5) is 0 Å². The Morgan fingerprint density at radius 1 is 1.33 bits per heavy atom. The summed E-state index contributed by atoms with van der Waals surface area (Å²) in [6.45, 7) is 4.81. The first kappa shape index (κ1) is 12.5. The lowest BCUT2D eigenvalue weighted by molar-refractivity contribution is 0.0988. The van der Waals surface area contributed by atoms with Crippen LogP contribution in [0.2, 0.25) is 0 Å². The molecule has 0 N–H and O–H groups in total. The lowest BCUT2D eigenvalue weighted by atomic mass is 10.0. The second-order valence-corrected chi connectivity index (χ2v) is 4.20. The molecule has 1 aromatic heterocycles. The van der Waals surface area contributed by atoms with Gasteiger partial charge in [-0.1, -0.05) is 37.3 Å². The molecule has 0 aliphatic heterocycles. The zero-order chi connectivity index (χ0) is 13.0. The molecular weight excluding hydrogens is 226 g/mol. The second kappa shape index (κ2) is 5.58. The van der Waals surface area contributed by atoms with Gasteiger partial charge in [0.25, 0.3) is 0 Å². The van der Waals surface area contributed by atoms with Crippen molar-refractivity contribution in [1.82, 2.24) is 15.0 Å². The molecule has 1 aromatic carbocycles. The van der Waals surface area contributed by atoms with Crippen molar-refractivity contribution < 1.29 is 4.79 Å². The first-order valence-electron chi connectivity index (χ1n) is 6.28. The first-order valence-corrected chi connectivity index (χ1v) is 6.28. The molecular formula is C14H17N3O. The Morgan fingerprint density at radius 3 is 2.89 bits per heavy atom. The molecule has 1 heterocycles. The number of carbonyl (C=O) groups excluding carboxylic acids is 1. The van der Waals surface area contributed by atoms with Crippen molar-refractivity contribution in [2.24, 2.45) is 0 Å². The number of Topliss-reactive ketones (excluding diaryl/α,β-unsaturated/α-hetero) is 1. The van der Waals surface area contributed by atoms with E-state index in [4.69, 9.17) is 0 Å². The van der Waals surface area contributed by atoms with Gasteiger partial charge < -0.3 is 0 Å². The van der Waals surface area contributed by atoms with E-state index >= 15 is 0 Å². The fourth-order valence-corrected chi connectivity index (χ4v) is 1.91. The van der Waals surface area contributed by atoms with Gasteiger partial charge in [-0.2, -0.15) is 0 Å². The predicted molar refractivity (Wildman–Crippen MR) is 70.4 cm³/mol. The van der Waals surface area contributed by atoms with E-state index in [1.807, 2.05) is 35.9 Å². The molecule has 0 radical (unpaired) electrons. The van der Waals surface area contributed by atoms with Crippen LogP contribution in [0.25, 0.3) is 11.3 Å². The maximum atomic E-state index is 11.7. The molecule has 0 amide bonds. The van der Waals surface area contributed by atoms with Crippen LogP contribution in [-0.4, -0.2) is 20.8 Å². The number of ketones is 1. The topological polar surface area (TPSA) is 47.8 Å². The van der Waals surface area contributed by atoms with Crippen molar-refractivity contribution in [1.29, 1.82) is 0 Å². The molecule has 0 saturated heterocycles. The molecule has 2 aromatic rings. The Hall–Kier alpha value is -1.97. The van der Waals surface area contributed by atoms with Crippen LogP contribution in [0.15, 0.2) is 30.5 Å². The number of aromatic nitrogens is 3. The largest absolute Gasteiger partial charge is 0.294 e. The minimum Gasteiger partial charge on any atom is -0.294 e. The van der Waals surface area contributed by atoms with Crippen LogP contribution >= 0.6 is 0 Å². The number of hydrogen-bond acceptors (Lipinski definition) is 3. The summed E-state index contributed by atoms with van der Waals surface area (Å²) in [6.07, 6.45) is 3.27. The Morgan fingerprint density at radius 2 is 2.17 bits per heavy atom. The highest BCUT2D eigenvalue weighted by molar-refractivity contribution is 5.96. The lowest BCUT2D eigenvalue weighted by Crippen LogP contribution is -2.02. The fraction of sp³-hybridized carbons (Fsp3) is 0.357. The third kappa shape index (κ3) is 2.47. The average Bonchev–Trinajstić information content (AvgIpc) is 2.87. The minimum absolute atomic E-state index is 0.159.